The summed E-state index contributed by atoms with van der Waals surface area (Å²) < 4.78 is 12.0. The second-order valence-electron chi connectivity index (χ2n) is 7.31. The summed E-state index contributed by atoms with van der Waals surface area (Å²) in [6, 6.07) is 13.2. The van der Waals surface area contributed by atoms with Crippen LogP contribution in [0.1, 0.15) is 25.3 Å². The highest BCUT2D eigenvalue weighted by Gasteiger charge is 2.52. The Morgan fingerprint density at radius 3 is 2.41 bits per heavy atom. The number of ether oxygens (including phenoxy) is 2. The monoisotopic (exact) mass is 458 g/mol. The van der Waals surface area contributed by atoms with Crippen molar-refractivity contribution in [1.29, 1.82) is 0 Å². The van der Waals surface area contributed by atoms with Crippen LogP contribution >= 0.6 is 15.9 Å². The third kappa shape index (κ3) is 4.10. The first kappa shape index (κ1) is 19.8. The predicted octanol–water partition coefficient (Wildman–Crippen LogP) is 3.74. The van der Waals surface area contributed by atoms with Crippen molar-refractivity contribution in [3.63, 3.8) is 0 Å². The highest BCUT2D eigenvalue weighted by atomic mass is 79.9. The van der Waals surface area contributed by atoms with Crippen LogP contribution in [0.15, 0.2) is 46.9 Å². The maximum Gasteiger partial charge on any atom is 0.243 e. The summed E-state index contributed by atoms with van der Waals surface area (Å²) in [5, 5.41) is 2.86. The fourth-order valence-corrected chi connectivity index (χ4v) is 3.91. The summed E-state index contributed by atoms with van der Waals surface area (Å²) in [4.78, 5) is 27.4. The molecule has 1 saturated carbocycles. The van der Waals surface area contributed by atoms with Gasteiger partial charge in [0.1, 0.15) is 13.2 Å². The fourth-order valence-electron chi connectivity index (χ4n) is 3.64. The minimum absolute atomic E-state index is 0.0136. The molecule has 2 aromatic carbocycles. The number of carbonyl (C=O) groups excluding carboxylic acids is 2. The van der Waals surface area contributed by atoms with Gasteiger partial charge in [-0.15, -0.1) is 0 Å². The number of benzene rings is 2. The molecule has 29 heavy (non-hydrogen) atoms. The molecule has 0 atom stereocenters. The molecule has 2 amide bonds. The molecule has 1 N–H and O–H groups in total. The lowest BCUT2D eigenvalue weighted by molar-refractivity contribution is -0.136. The number of halogens is 1. The zero-order valence-corrected chi connectivity index (χ0v) is 17.8. The van der Waals surface area contributed by atoms with Crippen molar-refractivity contribution in [1.82, 2.24) is 4.90 Å². The van der Waals surface area contributed by atoms with Crippen LogP contribution in [0.3, 0.4) is 0 Å². The Balaban J connectivity index is 1.42. The van der Waals surface area contributed by atoms with Crippen molar-refractivity contribution in [3.8, 4) is 11.5 Å². The van der Waals surface area contributed by atoms with E-state index in [1.807, 2.05) is 31.2 Å². The second-order valence-corrected chi connectivity index (χ2v) is 8.23. The molecule has 1 fully saturated rings. The zero-order chi connectivity index (χ0) is 20.4. The molecule has 1 aliphatic carbocycles. The fraction of sp³-hybridized carbons (Fsp3) is 0.364. The van der Waals surface area contributed by atoms with Crippen molar-refractivity contribution in [2.24, 2.45) is 0 Å². The summed E-state index contributed by atoms with van der Waals surface area (Å²) in [6.45, 7) is 3.40. The number of anilines is 1. The van der Waals surface area contributed by atoms with Gasteiger partial charge >= 0.3 is 0 Å². The average molecular weight is 459 g/mol. The van der Waals surface area contributed by atoms with Gasteiger partial charge in [-0.1, -0.05) is 28.1 Å². The molecular weight excluding hydrogens is 436 g/mol. The van der Waals surface area contributed by atoms with Crippen LogP contribution in [0.2, 0.25) is 0 Å². The number of rotatable bonds is 6. The van der Waals surface area contributed by atoms with E-state index >= 15 is 0 Å². The average Bonchev–Trinajstić information content (AvgIpc) is 3.54. The van der Waals surface area contributed by atoms with Gasteiger partial charge in [0.2, 0.25) is 11.8 Å². The van der Waals surface area contributed by atoms with E-state index in [0.29, 0.717) is 36.9 Å². The molecule has 6 nitrogen and oxygen atoms in total. The Morgan fingerprint density at radius 2 is 1.76 bits per heavy atom. The number of hydrogen-bond donors (Lipinski definition) is 1. The van der Waals surface area contributed by atoms with E-state index < -0.39 is 5.41 Å². The molecule has 1 aliphatic heterocycles. The largest absolute Gasteiger partial charge is 0.486 e. The molecule has 0 saturated heterocycles. The summed E-state index contributed by atoms with van der Waals surface area (Å²) in [5.74, 6) is 1.07. The van der Waals surface area contributed by atoms with E-state index in [-0.39, 0.29) is 18.4 Å². The molecule has 0 unspecified atom stereocenters. The number of amides is 2. The molecule has 2 aliphatic rings. The van der Waals surface area contributed by atoms with Gasteiger partial charge in [0.05, 0.1) is 12.0 Å². The van der Waals surface area contributed by atoms with Gasteiger partial charge in [0, 0.05) is 22.8 Å². The molecule has 0 aromatic heterocycles. The molecule has 0 radical (unpaired) electrons. The Labute approximate surface area is 178 Å². The summed E-state index contributed by atoms with van der Waals surface area (Å²) >= 11 is 3.43. The topological polar surface area (TPSA) is 67.9 Å². The van der Waals surface area contributed by atoms with Crippen molar-refractivity contribution in [3.05, 3.63) is 52.5 Å². The lowest BCUT2D eigenvalue weighted by atomic mass is 9.94. The van der Waals surface area contributed by atoms with Gasteiger partial charge in [-0.2, -0.15) is 0 Å². The zero-order valence-electron chi connectivity index (χ0n) is 16.2. The van der Waals surface area contributed by atoms with Gasteiger partial charge in [-0.25, -0.2) is 0 Å². The Bertz CT molecular complexity index is 925. The van der Waals surface area contributed by atoms with Crippen molar-refractivity contribution < 1.29 is 19.1 Å². The molecule has 7 heteroatoms. The number of hydrogen-bond acceptors (Lipinski definition) is 4. The number of carbonyl (C=O) groups is 2. The third-order valence-corrected chi connectivity index (χ3v) is 5.91. The van der Waals surface area contributed by atoms with E-state index in [2.05, 4.69) is 21.2 Å². The predicted molar refractivity (Wildman–Crippen MR) is 113 cm³/mol. The first-order chi connectivity index (χ1) is 14.0. The number of fused-ring (bicyclic) bond motifs is 1. The lowest BCUT2D eigenvalue weighted by Crippen LogP contribution is -2.43. The van der Waals surface area contributed by atoms with Crippen LogP contribution in [0, 0.1) is 0 Å². The molecule has 4 rings (SSSR count). The standard InChI is InChI=1S/C22H23BrN2O4/c1-2-25(21(27)22(9-10-22)15-3-5-16(23)6-4-15)14-20(26)24-17-7-8-18-19(13-17)29-12-11-28-18/h3-8,13H,2,9-12,14H2,1H3,(H,24,26). The van der Waals surface area contributed by atoms with E-state index in [0.717, 1.165) is 22.9 Å². The SMILES string of the molecule is CCN(CC(=O)Nc1ccc2c(c1)OCCO2)C(=O)C1(c2ccc(Br)cc2)CC1. The quantitative estimate of drug-likeness (QED) is 0.715. The number of nitrogens with one attached hydrogen (secondary N) is 1. The van der Waals surface area contributed by atoms with Gasteiger partial charge in [-0.05, 0) is 49.6 Å². The van der Waals surface area contributed by atoms with E-state index in [1.165, 1.54) is 0 Å². The van der Waals surface area contributed by atoms with Crippen LogP contribution in [-0.4, -0.2) is 43.0 Å². The lowest BCUT2D eigenvalue weighted by Gasteiger charge is -2.26. The first-order valence-electron chi connectivity index (χ1n) is 9.77. The minimum Gasteiger partial charge on any atom is -0.486 e. The molecule has 2 aromatic rings. The first-order valence-corrected chi connectivity index (χ1v) is 10.6. The highest BCUT2D eigenvalue weighted by Crippen LogP contribution is 2.49. The van der Waals surface area contributed by atoms with Crippen molar-refractivity contribution in [2.75, 3.05) is 31.6 Å². The van der Waals surface area contributed by atoms with Crippen LogP contribution in [0.5, 0.6) is 11.5 Å². The maximum atomic E-state index is 13.2. The Morgan fingerprint density at radius 1 is 1.07 bits per heavy atom. The summed E-state index contributed by atoms with van der Waals surface area (Å²) in [7, 11) is 0. The minimum atomic E-state index is -0.492. The van der Waals surface area contributed by atoms with Gasteiger partial charge in [-0.3, -0.25) is 9.59 Å². The number of nitrogens with zero attached hydrogens (tertiary/aromatic N) is 1. The van der Waals surface area contributed by atoms with E-state index in [9.17, 15) is 9.59 Å². The normalized spacial score (nSPS) is 16.1. The van der Waals surface area contributed by atoms with Crippen LogP contribution in [0.4, 0.5) is 5.69 Å². The van der Waals surface area contributed by atoms with Gasteiger partial charge in [0.15, 0.2) is 11.5 Å². The third-order valence-electron chi connectivity index (χ3n) is 5.39. The molecule has 0 bridgehead atoms. The summed E-state index contributed by atoms with van der Waals surface area (Å²) in [5.41, 5.74) is 1.14. The van der Waals surface area contributed by atoms with Gasteiger partial charge in [0.25, 0.3) is 0 Å². The van der Waals surface area contributed by atoms with Crippen LogP contribution in [0.25, 0.3) is 0 Å². The Kier molecular flexibility index (Phi) is 5.50. The van der Waals surface area contributed by atoms with E-state index in [1.54, 1.807) is 23.1 Å². The molecule has 152 valence electrons. The van der Waals surface area contributed by atoms with E-state index in [4.69, 9.17) is 9.47 Å². The van der Waals surface area contributed by atoms with Crippen LogP contribution in [-0.2, 0) is 15.0 Å². The summed E-state index contributed by atoms with van der Waals surface area (Å²) in [6.07, 6.45) is 1.63. The van der Waals surface area contributed by atoms with Crippen LogP contribution < -0.4 is 14.8 Å². The smallest absolute Gasteiger partial charge is 0.243 e. The van der Waals surface area contributed by atoms with Crippen molar-refractivity contribution in [2.45, 2.75) is 25.2 Å². The second kappa shape index (κ2) is 8.06. The molecule has 0 spiro atoms. The number of likely N-dealkylation sites (N-methyl/N-ethyl adjacent to an activating group) is 1. The Hall–Kier alpha value is -2.54. The maximum absolute atomic E-state index is 13.2. The highest BCUT2D eigenvalue weighted by molar-refractivity contribution is 9.10. The van der Waals surface area contributed by atoms with Crippen molar-refractivity contribution >= 4 is 33.4 Å². The van der Waals surface area contributed by atoms with Gasteiger partial charge < -0.3 is 19.7 Å². The molecular formula is C22H23BrN2O4. The molecule has 1 heterocycles.